The summed E-state index contributed by atoms with van der Waals surface area (Å²) in [7, 11) is 3.68. The molecule has 1 aliphatic heterocycles. The molecule has 0 bridgehead atoms. The van der Waals surface area contributed by atoms with E-state index in [2.05, 4.69) is 43.0 Å². The molecule has 1 amide bonds. The van der Waals surface area contributed by atoms with E-state index in [4.69, 9.17) is 9.84 Å². The fraction of sp³-hybridized carbons (Fsp3) is 0.286. The van der Waals surface area contributed by atoms with E-state index >= 15 is 0 Å². The molecular weight excluding hydrogens is 438 g/mol. The topological polar surface area (TPSA) is 55.5 Å². The number of ether oxygens (including phenoxy) is 1. The summed E-state index contributed by atoms with van der Waals surface area (Å²) in [5.74, 6) is 0.853. The second-order valence-corrected chi connectivity index (χ2v) is 9.07. The lowest BCUT2D eigenvalue weighted by molar-refractivity contribution is 0.0737. The predicted octanol–water partition coefficient (Wildman–Crippen LogP) is 4.47. The van der Waals surface area contributed by atoms with Crippen LogP contribution in [0.15, 0.2) is 66.9 Å². The van der Waals surface area contributed by atoms with Crippen LogP contribution in [0.5, 0.6) is 5.75 Å². The molecule has 35 heavy (non-hydrogen) atoms. The zero-order chi connectivity index (χ0) is 24.5. The highest BCUT2D eigenvalue weighted by Crippen LogP contribution is 2.29. The average molecular weight is 470 g/mol. The molecule has 0 radical (unpaired) electrons. The molecule has 0 aliphatic carbocycles. The van der Waals surface area contributed by atoms with Gasteiger partial charge in [-0.05, 0) is 61.4 Å². The van der Waals surface area contributed by atoms with Gasteiger partial charge in [-0.3, -0.25) is 4.79 Å². The molecule has 7 nitrogen and oxygen atoms in total. The van der Waals surface area contributed by atoms with Gasteiger partial charge in [0.05, 0.1) is 24.2 Å². The molecule has 7 heteroatoms. The Morgan fingerprint density at radius 3 is 2.40 bits per heavy atom. The van der Waals surface area contributed by atoms with Crippen molar-refractivity contribution in [3.63, 3.8) is 0 Å². The standard InChI is InChI=1S/C28H31N5O2/c1-20-11-12-21(2)25(18-20)33-26(19-22(29-33)23-9-7-13-30(23)3)28(34)32-16-14-31(15-17-32)24-8-5-6-10-27(24)35-4/h5-13,18-19H,14-17H2,1-4H3. The molecule has 0 unspecified atom stereocenters. The lowest BCUT2D eigenvalue weighted by Crippen LogP contribution is -2.49. The Kier molecular flexibility index (Phi) is 6.07. The number of nitrogens with zero attached hydrogens (tertiary/aromatic N) is 5. The molecule has 1 aliphatic rings. The van der Waals surface area contributed by atoms with Gasteiger partial charge in [-0.25, -0.2) is 4.68 Å². The third-order valence-corrected chi connectivity index (χ3v) is 6.72. The number of hydrogen-bond donors (Lipinski definition) is 0. The number of aromatic nitrogens is 3. The van der Waals surface area contributed by atoms with Gasteiger partial charge in [0.15, 0.2) is 0 Å². The number of carbonyl (C=O) groups excluding carboxylic acids is 1. The van der Waals surface area contributed by atoms with E-state index in [0.29, 0.717) is 18.8 Å². The zero-order valence-corrected chi connectivity index (χ0v) is 20.7. The average Bonchev–Trinajstić information content (AvgIpc) is 3.51. The Balaban J connectivity index is 1.46. The molecule has 2 aromatic heterocycles. The maximum atomic E-state index is 13.8. The summed E-state index contributed by atoms with van der Waals surface area (Å²) in [6.07, 6.45) is 1.99. The van der Waals surface area contributed by atoms with Gasteiger partial charge in [0.2, 0.25) is 0 Å². The molecule has 4 aromatic rings. The van der Waals surface area contributed by atoms with Crippen LogP contribution in [-0.4, -0.2) is 58.4 Å². The van der Waals surface area contributed by atoms with Crippen LogP contribution in [0.4, 0.5) is 5.69 Å². The number of methoxy groups -OCH3 is 1. The van der Waals surface area contributed by atoms with Crippen LogP contribution in [0.2, 0.25) is 0 Å². The second-order valence-electron chi connectivity index (χ2n) is 9.07. The first kappa shape index (κ1) is 22.8. The fourth-order valence-corrected chi connectivity index (χ4v) is 4.72. The molecule has 0 saturated carbocycles. The molecule has 0 atom stereocenters. The molecule has 1 fully saturated rings. The summed E-state index contributed by atoms with van der Waals surface area (Å²) in [6.45, 7) is 6.87. The molecule has 180 valence electrons. The Morgan fingerprint density at radius 1 is 0.914 bits per heavy atom. The van der Waals surface area contributed by atoms with Crippen molar-refractivity contribution >= 4 is 11.6 Å². The number of piperazine rings is 1. The van der Waals surface area contributed by atoms with Crippen molar-refractivity contribution in [3.8, 4) is 22.8 Å². The van der Waals surface area contributed by atoms with Gasteiger partial charge >= 0.3 is 0 Å². The van der Waals surface area contributed by atoms with Crippen molar-refractivity contribution < 1.29 is 9.53 Å². The van der Waals surface area contributed by atoms with E-state index in [9.17, 15) is 4.79 Å². The van der Waals surface area contributed by atoms with Crippen molar-refractivity contribution in [1.29, 1.82) is 0 Å². The number of hydrogen-bond acceptors (Lipinski definition) is 4. The van der Waals surface area contributed by atoms with Crippen LogP contribution < -0.4 is 9.64 Å². The Bertz CT molecular complexity index is 1360. The highest BCUT2D eigenvalue weighted by Gasteiger charge is 2.28. The molecular formula is C28H31N5O2. The molecule has 3 heterocycles. The van der Waals surface area contributed by atoms with Crippen LogP contribution in [0.1, 0.15) is 21.6 Å². The summed E-state index contributed by atoms with van der Waals surface area (Å²) in [4.78, 5) is 18.0. The monoisotopic (exact) mass is 469 g/mol. The number of amides is 1. The first-order valence-electron chi connectivity index (χ1n) is 11.9. The smallest absolute Gasteiger partial charge is 0.272 e. The van der Waals surface area contributed by atoms with Crippen LogP contribution >= 0.6 is 0 Å². The van der Waals surface area contributed by atoms with Crippen molar-refractivity contribution in [2.24, 2.45) is 7.05 Å². The van der Waals surface area contributed by atoms with Crippen LogP contribution in [-0.2, 0) is 7.05 Å². The SMILES string of the molecule is COc1ccccc1N1CCN(C(=O)c2cc(-c3cccn3C)nn2-c2cc(C)ccc2C)CC1. The van der Waals surface area contributed by atoms with E-state index in [1.807, 2.05) is 63.8 Å². The van der Waals surface area contributed by atoms with Gasteiger partial charge in [-0.1, -0.05) is 24.3 Å². The van der Waals surface area contributed by atoms with Crippen LogP contribution in [0.3, 0.4) is 0 Å². The van der Waals surface area contributed by atoms with E-state index in [0.717, 1.165) is 52.7 Å². The minimum Gasteiger partial charge on any atom is -0.495 e. The minimum absolute atomic E-state index is 0.00135. The number of para-hydroxylation sites is 2. The van der Waals surface area contributed by atoms with Crippen LogP contribution in [0, 0.1) is 13.8 Å². The van der Waals surface area contributed by atoms with Gasteiger partial charge in [0.1, 0.15) is 17.1 Å². The maximum Gasteiger partial charge on any atom is 0.272 e. The molecule has 2 aromatic carbocycles. The Hall–Kier alpha value is -4.00. The number of anilines is 1. The van der Waals surface area contributed by atoms with E-state index in [1.165, 1.54) is 0 Å². The van der Waals surface area contributed by atoms with Crippen LogP contribution in [0.25, 0.3) is 17.1 Å². The first-order valence-corrected chi connectivity index (χ1v) is 11.9. The predicted molar refractivity (Wildman–Crippen MR) is 139 cm³/mol. The number of aryl methyl sites for hydroxylation is 3. The molecule has 0 spiro atoms. The third kappa shape index (κ3) is 4.30. The van der Waals surface area contributed by atoms with Gasteiger partial charge in [0, 0.05) is 39.4 Å². The van der Waals surface area contributed by atoms with Crippen molar-refractivity contribution in [2.75, 3.05) is 38.2 Å². The number of benzene rings is 2. The Morgan fingerprint density at radius 2 is 1.69 bits per heavy atom. The minimum atomic E-state index is -0.00135. The summed E-state index contributed by atoms with van der Waals surface area (Å²) in [6, 6.07) is 20.2. The first-order chi connectivity index (χ1) is 17.0. The highest BCUT2D eigenvalue weighted by atomic mass is 16.5. The van der Waals surface area contributed by atoms with Crippen molar-refractivity contribution in [3.05, 3.63) is 83.7 Å². The maximum absolute atomic E-state index is 13.8. The lowest BCUT2D eigenvalue weighted by Gasteiger charge is -2.36. The molecule has 5 rings (SSSR count). The summed E-state index contributed by atoms with van der Waals surface area (Å²) >= 11 is 0. The van der Waals surface area contributed by atoms with Crippen molar-refractivity contribution in [1.82, 2.24) is 19.2 Å². The third-order valence-electron chi connectivity index (χ3n) is 6.72. The van der Waals surface area contributed by atoms with Gasteiger partial charge in [0.25, 0.3) is 5.91 Å². The Labute approximate surface area is 206 Å². The second kappa shape index (κ2) is 9.33. The zero-order valence-electron chi connectivity index (χ0n) is 20.7. The van der Waals surface area contributed by atoms with Gasteiger partial charge in [-0.15, -0.1) is 0 Å². The normalized spacial score (nSPS) is 13.8. The lowest BCUT2D eigenvalue weighted by atomic mass is 10.1. The fourth-order valence-electron chi connectivity index (χ4n) is 4.72. The summed E-state index contributed by atoms with van der Waals surface area (Å²) in [5, 5.41) is 4.91. The largest absolute Gasteiger partial charge is 0.495 e. The van der Waals surface area contributed by atoms with Gasteiger partial charge in [-0.2, -0.15) is 5.10 Å². The summed E-state index contributed by atoms with van der Waals surface area (Å²) < 4.78 is 9.38. The summed E-state index contributed by atoms with van der Waals surface area (Å²) in [5.41, 5.74) is 6.55. The van der Waals surface area contributed by atoms with E-state index in [1.54, 1.807) is 7.11 Å². The van der Waals surface area contributed by atoms with Crippen molar-refractivity contribution in [2.45, 2.75) is 13.8 Å². The quantitative estimate of drug-likeness (QED) is 0.433. The number of rotatable bonds is 5. The molecule has 0 N–H and O–H groups in total. The highest BCUT2D eigenvalue weighted by molar-refractivity contribution is 5.94. The van der Waals surface area contributed by atoms with E-state index < -0.39 is 0 Å². The molecule has 1 saturated heterocycles. The number of carbonyl (C=O) groups is 1. The van der Waals surface area contributed by atoms with E-state index in [-0.39, 0.29) is 5.91 Å². The van der Waals surface area contributed by atoms with Gasteiger partial charge < -0.3 is 19.1 Å².